The normalized spacial score (nSPS) is 24.2. The molecule has 0 atom stereocenters. The van der Waals surface area contributed by atoms with Crippen LogP contribution in [0.1, 0.15) is 46.5 Å². The van der Waals surface area contributed by atoms with Crippen LogP contribution in [0, 0.1) is 0 Å². The number of aliphatic hydroxyl groups is 1. The fourth-order valence-corrected chi connectivity index (χ4v) is 5.16. The molecule has 0 radical (unpaired) electrons. The Morgan fingerprint density at radius 1 is 1.21 bits per heavy atom. The van der Waals surface area contributed by atoms with E-state index in [1.807, 2.05) is 6.07 Å². The monoisotopic (exact) mass is 482 g/mol. The van der Waals surface area contributed by atoms with Crippen LogP contribution in [0.15, 0.2) is 36.5 Å². The Bertz CT molecular complexity index is 985. The number of nitrogens with one attached hydrogen (secondary N) is 2. The number of rotatable bonds is 6. The molecule has 4 rings (SSSR count). The zero-order valence-electron chi connectivity index (χ0n) is 17.8. The van der Waals surface area contributed by atoms with Gasteiger partial charge < -0.3 is 15.7 Å². The van der Waals surface area contributed by atoms with Crippen LogP contribution in [0.4, 0.5) is 13.2 Å². The van der Waals surface area contributed by atoms with Crippen molar-refractivity contribution in [1.29, 1.82) is 0 Å². The fourth-order valence-electron chi connectivity index (χ4n) is 4.43. The van der Waals surface area contributed by atoms with Crippen LogP contribution in [0.5, 0.6) is 0 Å². The molecule has 2 aromatic rings. The highest BCUT2D eigenvalue weighted by atomic mass is 32.1. The summed E-state index contributed by atoms with van der Waals surface area (Å²) in [4.78, 5) is 27.4. The summed E-state index contributed by atoms with van der Waals surface area (Å²) in [5, 5.41) is 16.0. The first-order valence-corrected chi connectivity index (χ1v) is 11.5. The van der Waals surface area contributed by atoms with E-state index in [-0.39, 0.29) is 24.1 Å². The summed E-state index contributed by atoms with van der Waals surface area (Å²) in [6.45, 7) is 1.07. The van der Waals surface area contributed by atoms with Crippen LogP contribution in [0.2, 0.25) is 0 Å². The Kier molecular flexibility index (Phi) is 6.73. The molecule has 0 unspecified atom stereocenters. The van der Waals surface area contributed by atoms with Crippen LogP contribution in [0.25, 0.3) is 0 Å². The largest absolute Gasteiger partial charge is 0.416 e. The molecule has 1 saturated carbocycles. The smallest absolute Gasteiger partial charge is 0.384 e. The molecule has 0 spiro atoms. The van der Waals surface area contributed by atoms with Gasteiger partial charge in [0.2, 0.25) is 5.91 Å². The van der Waals surface area contributed by atoms with E-state index in [9.17, 15) is 27.9 Å². The highest BCUT2D eigenvalue weighted by Gasteiger charge is 2.41. The average molecular weight is 483 g/mol. The number of halogens is 3. The van der Waals surface area contributed by atoms with Gasteiger partial charge in [0, 0.05) is 30.9 Å². The minimum absolute atomic E-state index is 0.0368. The Hall–Kier alpha value is -2.50. The number of benzene rings is 1. The number of aromatic nitrogens is 1. The summed E-state index contributed by atoms with van der Waals surface area (Å²) in [5.74, 6) is -1.12. The van der Waals surface area contributed by atoms with Crippen LogP contribution in [-0.4, -0.2) is 57.9 Å². The van der Waals surface area contributed by atoms with E-state index >= 15 is 0 Å². The molecule has 33 heavy (non-hydrogen) atoms. The lowest BCUT2D eigenvalue weighted by Crippen LogP contribution is -2.63. The van der Waals surface area contributed by atoms with Gasteiger partial charge in [0.05, 0.1) is 23.0 Å². The summed E-state index contributed by atoms with van der Waals surface area (Å²) >= 11 is 1.33. The number of nitrogens with zero attached hydrogens (tertiary/aromatic N) is 2. The van der Waals surface area contributed by atoms with Crippen LogP contribution in [0.3, 0.4) is 0 Å². The van der Waals surface area contributed by atoms with Crippen LogP contribution >= 0.6 is 11.5 Å². The Labute approximate surface area is 193 Å². The number of hydrogen-bond acceptors (Lipinski definition) is 6. The van der Waals surface area contributed by atoms with Crippen molar-refractivity contribution in [2.24, 2.45) is 0 Å². The number of likely N-dealkylation sites (tertiary alicyclic amines) is 1. The molecule has 1 aliphatic carbocycles. The first-order chi connectivity index (χ1) is 15.6. The average Bonchev–Trinajstić information content (AvgIpc) is 3.31. The molecule has 11 heteroatoms. The van der Waals surface area contributed by atoms with Gasteiger partial charge in [0.25, 0.3) is 5.91 Å². The molecule has 2 amide bonds. The Morgan fingerprint density at radius 2 is 1.94 bits per heavy atom. The van der Waals surface area contributed by atoms with E-state index in [1.165, 1.54) is 17.6 Å². The van der Waals surface area contributed by atoms with Crippen molar-refractivity contribution in [3.05, 3.63) is 52.5 Å². The van der Waals surface area contributed by atoms with Crippen molar-refractivity contribution < 1.29 is 27.9 Å². The molecule has 1 aliphatic heterocycles. The lowest BCUT2D eigenvalue weighted by molar-refractivity contribution is -0.137. The van der Waals surface area contributed by atoms with Gasteiger partial charge >= 0.3 is 6.18 Å². The predicted molar refractivity (Wildman–Crippen MR) is 116 cm³/mol. The lowest BCUT2D eigenvalue weighted by atomic mass is 9.80. The molecule has 178 valence electrons. The third-order valence-electron chi connectivity index (χ3n) is 6.33. The second-order valence-corrected chi connectivity index (χ2v) is 9.45. The molecule has 2 fully saturated rings. The van der Waals surface area contributed by atoms with Crippen LogP contribution < -0.4 is 10.6 Å². The maximum atomic E-state index is 12.8. The van der Waals surface area contributed by atoms with E-state index in [0.29, 0.717) is 32.0 Å². The zero-order valence-corrected chi connectivity index (χ0v) is 18.6. The Morgan fingerprint density at radius 3 is 2.58 bits per heavy atom. The number of carbonyl (C=O) groups is 2. The van der Waals surface area contributed by atoms with Crippen LogP contribution in [-0.2, 0) is 16.6 Å². The molecule has 1 saturated heterocycles. The molecule has 0 bridgehead atoms. The number of amides is 2. The molecule has 1 aromatic heterocycles. The second kappa shape index (κ2) is 9.40. The summed E-state index contributed by atoms with van der Waals surface area (Å²) in [7, 11) is 0. The molecule has 1 aromatic carbocycles. The van der Waals surface area contributed by atoms with E-state index in [2.05, 4.69) is 19.9 Å². The Balaban J connectivity index is 1.17. The minimum Gasteiger partial charge on any atom is -0.384 e. The van der Waals surface area contributed by atoms with Gasteiger partial charge in [-0.3, -0.25) is 14.5 Å². The summed E-state index contributed by atoms with van der Waals surface area (Å²) in [6.07, 6.45) is 0.241. The molecular weight excluding hydrogens is 457 g/mol. The van der Waals surface area contributed by atoms with Gasteiger partial charge in [-0.25, -0.2) is 4.37 Å². The highest BCUT2D eigenvalue weighted by molar-refractivity contribution is 7.05. The molecule has 7 nitrogen and oxygen atoms in total. The number of hydrogen-bond donors (Lipinski definition) is 3. The third kappa shape index (κ3) is 5.53. The second-order valence-electron chi connectivity index (χ2n) is 8.62. The van der Waals surface area contributed by atoms with Crippen molar-refractivity contribution in [2.75, 3.05) is 19.6 Å². The quantitative estimate of drug-likeness (QED) is 0.588. The van der Waals surface area contributed by atoms with Gasteiger partial charge in [-0.05, 0) is 61.5 Å². The first kappa shape index (κ1) is 23.7. The molecule has 2 heterocycles. The lowest BCUT2D eigenvalue weighted by Gasteiger charge is -2.48. The highest BCUT2D eigenvalue weighted by Crippen LogP contribution is 2.40. The molecular formula is C22H25F3N4O3S. The topological polar surface area (TPSA) is 94.6 Å². The molecule has 2 aliphatic rings. The van der Waals surface area contributed by atoms with Crippen molar-refractivity contribution in [2.45, 2.75) is 49.5 Å². The summed E-state index contributed by atoms with van der Waals surface area (Å²) in [5.41, 5.74) is -1.86. The van der Waals surface area contributed by atoms with E-state index < -0.39 is 23.2 Å². The SMILES string of the molecule is O=C(CNC(=O)c1cccc(C(F)(F)F)c1)NC1CN(C2CCC(O)(c3ccns3)CC2)C1. The van der Waals surface area contributed by atoms with Gasteiger partial charge in [-0.15, -0.1) is 0 Å². The van der Waals surface area contributed by atoms with Crippen molar-refractivity contribution >= 4 is 23.3 Å². The zero-order chi connectivity index (χ0) is 23.6. The number of alkyl halides is 3. The summed E-state index contributed by atoms with van der Waals surface area (Å²) < 4.78 is 42.4. The summed E-state index contributed by atoms with van der Waals surface area (Å²) in [6, 6.07) is 6.26. The maximum absolute atomic E-state index is 12.8. The predicted octanol–water partition coefficient (Wildman–Crippen LogP) is 2.52. The van der Waals surface area contributed by atoms with Crippen molar-refractivity contribution in [1.82, 2.24) is 19.9 Å². The van der Waals surface area contributed by atoms with Gasteiger partial charge in [0.1, 0.15) is 5.60 Å². The maximum Gasteiger partial charge on any atom is 0.416 e. The van der Waals surface area contributed by atoms with E-state index in [4.69, 9.17) is 0 Å². The number of carbonyl (C=O) groups excluding carboxylic acids is 2. The third-order valence-corrected chi connectivity index (χ3v) is 7.27. The fraction of sp³-hybridized carbons (Fsp3) is 0.500. The van der Waals surface area contributed by atoms with Gasteiger partial charge in [-0.1, -0.05) is 6.07 Å². The van der Waals surface area contributed by atoms with Gasteiger partial charge in [-0.2, -0.15) is 13.2 Å². The molecule has 3 N–H and O–H groups in total. The van der Waals surface area contributed by atoms with E-state index in [1.54, 1.807) is 6.20 Å². The standard InChI is InChI=1S/C22H25F3N4O3S/c23-22(24,25)15-3-1-2-14(10-15)20(31)26-11-19(30)28-16-12-29(13-16)17-4-7-21(32,8-5-17)18-6-9-27-33-18/h1-3,6,9-10,16-17,32H,4-5,7-8,11-13H2,(H,26,31)(H,28,30). The van der Waals surface area contributed by atoms with Crippen molar-refractivity contribution in [3.8, 4) is 0 Å². The minimum atomic E-state index is -4.54. The van der Waals surface area contributed by atoms with Gasteiger partial charge in [0.15, 0.2) is 0 Å². The van der Waals surface area contributed by atoms with E-state index in [0.717, 1.165) is 35.9 Å². The first-order valence-electron chi connectivity index (χ1n) is 10.8. The van der Waals surface area contributed by atoms with Crippen molar-refractivity contribution in [3.63, 3.8) is 0 Å².